The summed E-state index contributed by atoms with van der Waals surface area (Å²) in [7, 11) is 0. The predicted molar refractivity (Wildman–Crippen MR) is 128 cm³/mol. The number of carbonyl (C=O) groups is 2. The molecule has 33 heavy (non-hydrogen) atoms. The number of carbonyl (C=O) groups excluding carboxylic acids is 2. The fraction of sp³-hybridized carbons (Fsp3) is 0.318. The van der Waals surface area contributed by atoms with E-state index < -0.39 is 18.0 Å². The van der Waals surface area contributed by atoms with E-state index in [1.54, 1.807) is 17.2 Å². The number of nitrogens with one attached hydrogen (secondary N) is 1. The van der Waals surface area contributed by atoms with Gasteiger partial charge in [-0.1, -0.05) is 30.3 Å². The normalized spacial score (nSPS) is 16.3. The summed E-state index contributed by atoms with van der Waals surface area (Å²) in [5.74, 6) is -0.772. The molecule has 0 unspecified atom stereocenters. The number of rotatable bonds is 7. The maximum Gasteiger partial charge on any atom is 0.243 e. The molecule has 2 aromatic heterocycles. The SMILES string of the molecule is Cl.Cl.N[C@H](Cc1ccccc1)C(=O)NC(=O)[C@@H]1CCCN1Cc1ncccc1-n1cncn1. The monoisotopic (exact) mass is 491 g/mol. The molecule has 0 radical (unpaired) electrons. The van der Waals surface area contributed by atoms with Crippen LogP contribution in [0.4, 0.5) is 0 Å². The molecule has 1 saturated heterocycles. The highest BCUT2D eigenvalue weighted by molar-refractivity contribution is 6.00. The third kappa shape index (κ3) is 6.58. The van der Waals surface area contributed by atoms with Gasteiger partial charge >= 0.3 is 0 Å². The van der Waals surface area contributed by atoms with Crippen LogP contribution in [0.3, 0.4) is 0 Å². The van der Waals surface area contributed by atoms with Crippen molar-refractivity contribution >= 4 is 36.6 Å². The molecule has 4 rings (SSSR count). The van der Waals surface area contributed by atoms with Gasteiger partial charge in [0.1, 0.15) is 12.7 Å². The zero-order chi connectivity index (χ0) is 21.6. The van der Waals surface area contributed by atoms with Gasteiger partial charge in [0.05, 0.1) is 23.5 Å². The van der Waals surface area contributed by atoms with Crippen molar-refractivity contribution in [2.75, 3.05) is 6.54 Å². The summed E-state index contributed by atoms with van der Waals surface area (Å²) in [4.78, 5) is 35.8. The second-order valence-electron chi connectivity index (χ2n) is 7.59. The van der Waals surface area contributed by atoms with E-state index in [-0.39, 0.29) is 30.7 Å². The van der Waals surface area contributed by atoms with Crippen molar-refractivity contribution in [1.29, 1.82) is 0 Å². The van der Waals surface area contributed by atoms with Crippen molar-refractivity contribution < 1.29 is 9.59 Å². The molecule has 1 fully saturated rings. The number of hydrogen-bond acceptors (Lipinski definition) is 7. The first kappa shape index (κ1) is 26.4. The zero-order valence-electron chi connectivity index (χ0n) is 17.9. The number of hydrogen-bond donors (Lipinski definition) is 2. The largest absolute Gasteiger partial charge is 0.320 e. The van der Waals surface area contributed by atoms with Crippen LogP contribution in [0.1, 0.15) is 24.1 Å². The number of nitrogens with zero attached hydrogens (tertiary/aromatic N) is 5. The molecule has 9 nitrogen and oxygen atoms in total. The van der Waals surface area contributed by atoms with Crippen LogP contribution in [0.25, 0.3) is 5.69 Å². The molecular formula is C22H27Cl2N7O2. The van der Waals surface area contributed by atoms with E-state index in [2.05, 4.69) is 20.4 Å². The molecule has 0 spiro atoms. The van der Waals surface area contributed by atoms with Gasteiger partial charge in [-0.2, -0.15) is 5.10 Å². The van der Waals surface area contributed by atoms with Gasteiger partial charge < -0.3 is 5.73 Å². The Morgan fingerprint density at radius 1 is 1.15 bits per heavy atom. The van der Waals surface area contributed by atoms with E-state index in [9.17, 15) is 9.59 Å². The Balaban J connectivity index is 0.00000193. The summed E-state index contributed by atoms with van der Waals surface area (Å²) in [6.07, 6.45) is 6.72. The minimum absolute atomic E-state index is 0. The van der Waals surface area contributed by atoms with E-state index in [1.807, 2.05) is 47.4 Å². The van der Waals surface area contributed by atoms with Gasteiger partial charge in [-0.05, 0) is 43.5 Å². The summed E-state index contributed by atoms with van der Waals surface area (Å²) in [6.45, 7) is 1.22. The van der Waals surface area contributed by atoms with Crippen LogP contribution in [0, 0.1) is 0 Å². The van der Waals surface area contributed by atoms with E-state index in [0.717, 1.165) is 29.9 Å². The predicted octanol–water partition coefficient (Wildman–Crippen LogP) is 1.68. The third-order valence-electron chi connectivity index (χ3n) is 5.43. The second kappa shape index (κ2) is 12.4. The van der Waals surface area contributed by atoms with Crippen LogP contribution < -0.4 is 11.1 Å². The van der Waals surface area contributed by atoms with Crippen molar-refractivity contribution in [3.63, 3.8) is 0 Å². The van der Waals surface area contributed by atoms with Crippen molar-refractivity contribution in [2.45, 2.75) is 37.9 Å². The number of benzene rings is 1. The van der Waals surface area contributed by atoms with Crippen LogP contribution in [0.2, 0.25) is 0 Å². The smallest absolute Gasteiger partial charge is 0.243 e. The average molecular weight is 492 g/mol. The first-order valence-electron chi connectivity index (χ1n) is 10.3. The standard InChI is InChI=1S/C22H25N7O2.2ClH/c23-17(12-16-6-2-1-3-7-16)21(30)27-22(31)20-9-5-11-28(20)13-18-19(8-4-10-25-18)29-15-24-14-26-29;;/h1-4,6-8,10,14-15,17,20H,5,9,11-13,23H2,(H,27,30,31);2*1H/t17-,20+;;/m1../s1. The van der Waals surface area contributed by atoms with Crippen molar-refractivity contribution in [2.24, 2.45) is 5.73 Å². The van der Waals surface area contributed by atoms with Crippen LogP contribution in [0.15, 0.2) is 61.3 Å². The van der Waals surface area contributed by atoms with Gasteiger partial charge in [0.2, 0.25) is 11.8 Å². The third-order valence-corrected chi connectivity index (χ3v) is 5.43. The van der Waals surface area contributed by atoms with E-state index in [0.29, 0.717) is 19.4 Å². The summed E-state index contributed by atoms with van der Waals surface area (Å²) in [5.41, 5.74) is 8.58. The van der Waals surface area contributed by atoms with E-state index in [1.165, 1.54) is 6.33 Å². The fourth-order valence-corrected chi connectivity index (χ4v) is 3.86. The quantitative estimate of drug-likeness (QED) is 0.515. The molecule has 1 aliphatic heterocycles. The number of aromatic nitrogens is 4. The van der Waals surface area contributed by atoms with Crippen LogP contribution in [-0.2, 0) is 22.6 Å². The molecule has 3 N–H and O–H groups in total. The Kier molecular flexibility index (Phi) is 9.93. The summed E-state index contributed by atoms with van der Waals surface area (Å²) in [5, 5.41) is 6.69. The Hall–Kier alpha value is -2.85. The van der Waals surface area contributed by atoms with Gasteiger partial charge in [-0.15, -0.1) is 24.8 Å². The minimum Gasteiger partial charge on any atom is -0.320 e. The molecule has 0 aliphatic carbocycles. The number of pyridine rings is 1. The molecule has 2 atom stereocenters. The topological polar surface area (TPSA) is 119 Å². The Labute approximate surface area is 204 Å². The van der Waals surface area contributed by atoms with Crippen molar-refractivity contribution in [3.8, 4) is 5.69 Å². The van der Waals surface area contributed by atoms with Crippen molar-refractivity contribution in [3.05, 3.63) is 72.6 Å². The number of halogens is 2. The Bertz CT molecular complexity index is 1030. The second-order valence-corrected chi connectivity index (χ2v) is 7.59. The van der Waals surface area contributed by atoms with Gasteiger partial charge in [0.25, 0.3) is 0 Å². The highest BCUT2D eigenvalue weighted by Crippen LogP contribution is 2.22. The maximum absolute atomic E-state index is 12.8. The lowest BCUT2D eigenvalue weighted by Crippen LogP contribution is -2.50. The lowest BCUT2D eigenvalue weighted by molar-refractivity contribution is -0.133. The van der Waals surface area contributed by atoms with Crippen LogP contribution in [0.5, 0.6) is 0 Å². The Morgan fingerprint density at radius 2 is 1.94 bits per heavy atom. The molecule has 0 bridgehead atoms. The lowest BCUT2D eigenvalue weighted by atomic mass is 10.1. The molecule has 1 aliphatic rings. The summed E-state index contributed by atoms with van der Waals surface area (Å²) >= 11 is 0. The summed E-state index contributed by atoms with van der Waals surface area (Å²) in [6, 6.07) is 12.1. The van der Waals surface area contributed by atoms with E-state index in [4.69, 9.17) is 5.73 Å². The number of imide groups is 1. The highest BCUT2D eigenvalue weighted by Gasteiger charge is 2.33. The van der Waals surface area contributed by atoms with Crippen molar-refractivity contribution in [1.82, 2.24) is 30.0 Å². The molecule has 3 heterocycles. The van der Waals surface area contributed by atoms with Gasteiger partial charge in [0, 0.05) is 12.7 Å². The molecule has 3 aromatic rings. The minimum atomic E-state index is -0.782. The number of amides is 2. The Morgan fingerprint density at radius 3 is 2.67 bits per heavy atom. The molecule has 11 heteroatoms. The first-order valence-corrected chi connectivity index (χ1v) is 10.3. The van der Waals surface area contributed by atoms with Crippen LogP contribution >= 0.6 is 24.8 Å². The molecule has 176 valence electrons. The van der Waals surface area contributed by atoms with Gasteiger partial charge in [-0.3, -0.25) is 24.8 Å². The van der Waals surface area contributed by atoms with E-state index >= 15 is 0 Å². The molecular weight excluding hydrogens is 465 g/mol. The number of nitrogens with two attached hydrogens (primary N) is 1. The average Bonchev–Trinajstić information content (AvgIpc) is 3.47. The molecule has 2 amide bonds. The number of likely N-dealkylation sites (tertiary alicyclic amines) is 1. The first-order chi connectivity index (χ1) is 15.1. The molecule has 0 saturated carbocycles. The van der Waals surface area contributed by atoms with Crippen LogP contribution in [-0.4, -0.2) is 55.1 Å². The lowest BCUT2D eigenvalue weighted by Gasteiger charge is -2.24. The zero-order valence-corrected chi connectivity index (χ0v) is 19.5. The summed E-state index contributed by atoms with van der Waals surface area (Å²) < 4.78 is 1.65. The van der Waals surface area contributed by atoms with Gasteiger partial charge in [0.15, 0.2) is 0 Å². The van der Waals surface area contributed by atoms with Gasteiger partial charge in [-0.25, -0.2) is 9.67 Å². The maximum atomic E-state index is 12.8. The molecule has 1 aromatic carbocycles. The highest BCUT2D eigenvalue weighted by atomic mass is 35.5. The fourth-order valence-electron chi connectivity index (χ4n) is 3.86.